The zero-order valence-corrected chi connectivity index (χ0v) is 18.0. The molecular weight excluding hydrogens is 439 g/mol. The highest BCUT2D eigenvalue weighted by molar-refractivity contribution is 7.99. The number of benzene rings is 2. The Morgan fingerprint density at radius 3 is 2.43 bits per heavy atom. The summed E-state index contributed by atoms with van der Waals surface area (Å²) in [5.74, 6) is -1.97. The molecule has 162 valence electrons. The van der Waals surface area contributed by atoms with E-state index in [1.807, 2.05) is 24.3 Å². The van der Waals surface area contributed by atoms with Gasteiger partial charge in [0.2, 0.25) is 0 Å². The maximum absolute atomic E-state index is 12.7. The SMILES string of the molecule is COC1(c2cccc(Sc3ccc(N(C)C(=O)C(F)(F)F)c(Cl)c3)c2)CCOCC1. The molecule has 0 N–H and O–H groups in total. The number of rotatable bonds is 5. The minimum absolute atomic E-state index is 0.00219. The zero-order chi connectivity index (χ0) is 21.9. The van der Waals surface area contributed by atoms with E-state index < -0.39 is 17.7 Å². The van der Waals surface area contributed by atoms with Crippen LogP contribution in [0.3, 0.4) is 0 Å². The molecule has 1 amide bonds. The predicted octanol–water partition coefficient (Wildman–Crippen LogP) is 5.67. The number of hydrogen-bond acceptors (Lipinski definition) is 4. The summed E-state index contributed by atoms with van der Waals surface area (Å²) in [6.45, 7) is 1.26. The van der Waals surface area contributed by atoms with Crippen LogP contribution < -0.4 is 4.90 Å². The molecule has 1 aliphatic heterocycles. The van der Waals surface area contributed by atoms with E-state index in [1.165, 1.54) is 17.8 Å². The van der Waals surface area contributed by atoms with E-state index in [0.717, 1.165) is 35.2 Å². The molecule has 1 heterocycles. The Morgan fingerprint density at radius 1 is 1.17 bits per heavy atom. The number of halogens is 4. The molecule has 2 aromatic rings. The summed E-state index contributed by atoms with van der Waals surface area (Å²) in [6, 6.07) is 12.5. The molecule has 0 spiro atoms. The number of ether oxygens (including phenoxy) is 2. The summed E-state index contributed by atoms with van der Waals surface area (Å²) in [5.41, 5.74) is 0.658. The number of nitrogens with zero attached hydrogens (tertiary/aromatic N) is 1. The third kappa shape index (κ3) is 4.94. The molecule has 0 aliphatic carbocycles. The Hall–Kier alpha value is -1.74. The topological polar surface area (TPSA) is 38.8 Å². The first-order valence-electron chi connectivity index (χ1n) is 9.22. The maximum atomic E-state index is 12.7. The molecule has 30 heavy (non-hydrogen) atoms. The number of amides is 1. The lowest BCUT2D eigenvalue weighted by Crippen LogP contribution is -2.38. The van der Waals surface area contributed by atoms with Crippen molar-refractivity contribution in [3.63, 3.8) is 0 Å². The Labute approximate surface area is 182 Å². The van der Waals surface area contributed by atoms with Gasteiger partial charge in [-0.1, -0.05) is 35.5 Å². The van der Waals surface area contributed by atoms with Crippen LogP contribution in [0.4, 0.5) is 18.9 Å². The van der Waals surface area contributed by atoms with Crippen LogP contribution >= 0.6 is 23.4 Å². The highest BCUT2D eigenvalue weighted by Gasteiger charge is 2.42. The Kier molecular flexibility index (Phi) is 7.02. The second-order valence-corrected chi connectivity index (χ2v) is 8.47. The van der Waals surface area contributed by atoms with E-state index in [4.69, 9.17) is 21.1 Å². The van der Waals surface area contributed by atoms with Gasteiger partial charge in [-0.15, -0.1) is 0 Å². The smallest absolute Gasteiger partial charge is 0.381 e. The van der Waals surface area contributed by atoms with Crippen molar-refractivity contribution in [1.82, 2.24) is 0 Å². The van der Waals surface area contributed by atoms with Gasteiger partial charge in [0.05, 0.1) is 16.3 Å². The van der Waals surface area contributed by atoms with Gasteiger partial charge < -0.3 is 14.4 Å². The van der Waals surface area contributed by atoms with Crippen molar-refractivity contribution in [3.8, 4) is 0 Å². The predicted molar refractivity (Wildman–Crippen MR) is 110 cm³/mol. The van der Waals surface area contributed by atoms with Crippen LogP contribution in [0.2, 0.25) is 5.02 Å². The molecular formula is C21H21ClF3NO3S. The number of carbonyl (C=O) groups excluding carboxylic acids is 1. The Morgan fingerprint density at radius 2 is 1.83 bits per heavy atom. The third-order valence-corrected chi connectivity index (χ3v) is 6.40. The number of hydrogen-bond donors (Lipinski definition) is 0. The highest BCUT2D eigenvalue weighted by Crippen LogP contribution is 2.39. The molecule has 2 aromatic carbocycles. The molecule has 4 nitrogen and oxygen atoms in total. The molecule has 9 heteroatoms. The van der Waals surface area contributed by atoms with E-state index in [-0.39, 0.29) is 10.7 Å². The standard InChI is InChI=1S/C21H21ClF3NO3S/c1-26(19(27)21(23,24)25)18-7-6-16(13-17(18)22)30-15-5-3-4-14(12-15)20(28-2)8-10-29-11-9-20/h3-7,12-13H,8-11H2,1-2H3. The van der Waals surface area contributed by atoms with Crippen LogP contribution in [0.25, 0.3) is 0 Å². The van der Waals surface area contributed by atoms with Crippen molar-refractivity contribution in [2.75, 3.05) is 32.3 Å². The van der Waals surface area contributed by atoms with E-state index in [9.17, 15) is 18.0 Å². The summed E-state index contributed by atoms with van der Waals surface area (Å²) >= 11 is 7.60. The minimum Gasteiger partial charge on any atom is -0.381 e. The van der Waals surface area contributed by atoms with Crippen LogP contribution in [0.15, 0.2) is 52.3 Å². The van der Waals surface area contributed by atoms with E-state index in [2.05, 4.69) is 0 Å². The molecule has 0 aromatic heterocycles. The maximum Gasteiger partial charge on any atom is 0.471 e. The van der Waals surface area contributed by atoms with Gasteiger partial charge in [0, 0.05) is 50.0 Å². The average molecular weight is 460 g/mol. The molecule has 0 atom stereocenters. The largest absolute Gasteiger partial charge is 0.471 e. The number of carbonyl (C=O) groups is 1. The lowest BCUT2D eigenvalue weighted by Gasteiger charge is -2.36. The van der Waals surface area contributed by atoms with E-state index >= 15 is 0 Å². The van der Waals surface area contributed by atoms with Crippen molar-refractivity contribution in [2.45, 2.75) is 34.4 Å². The van der Waals surface area contributed by atoms with Gasteiger partial charge in [0.25, 0.3) is 0 Å². The summed E-state index contributed by atoms with van der Waals surface area (Å²) in [6.07, 6.45) is -3.44. The first kappa shape index (κ1) is 22.9. The fourth-order valence-corrected chi connectivity index (χ4v) is 4.70. The first-order chi connectivity index (χ1) is 14.2. The summed E-state index contributed by atoms with van der Waals surface area (Å²) in [4.78, 5) is 13.6. The molecule has 0 unspecified atom stereocenters. The van der Waals surface area contributed by atoms with Gasteiger partial charge in [-0.05, 0) is 35.9 Å². The van der Waals surface area contributed by atoms with Crippen LogP contribution in [-0.4, -0.2) is 39.5 Å². The fraction of sp³-hybridized carbons (Fsp3) is 0.381. The monoisotopic (exact) mass is 459 g/mol. The summed E-state index contributed by atoms with van der Waals surface area (Å²) < 4.78 is 49.3. The zero-order valence-electron chi connectivity index (χ0n) is 16.5. The fourth-order valence-electron chi connectivity index (χ4n) is 3.41. The molecule has 3 rings (SSSR count). The van der Waals surface area contributed by atoms with Gasteiger partial charge >= 0.3 is 12.1 Å². The molecule has 0 radical (unpaired) electrons. The third-order valence-electron chi connectivity index (χ3n) is 5.11. The van der Waals surface area contributed by atoms with Crippen molar-refractivity contribution in [2.24, 2.45) is 0 Å². The molecule has 1 saturated heterocycles. The number of methoxy groups -OCH3 is 1. The highest BCUT2D eigenvalue weighted by atomic mass is 35.5. The van der Waals surface area contributed by atoms with Crippen LogP contribution in [0.5, 0.6) is 0 Å². The van der Waals surface area contributed by atoms with Gasteiger partial charge in [0.15, 0.2) is 0 Å². The number of alkyl halides is 3. The number of anilines is 1. The minimum atomic E-state index is -4.96. The summed E-state index contributed by atoms with van der Waals surface area (Å²) in [7, 11) is 2.74. The van der Waals surface area contributed by atoms with Crippen molar-refractivity contribution in [1.29, 1.82) is 0 Å². The van der Waals surface area contributed by atoms with Crippen LogP contribution in [-0.2, 0) is 19.9 Å². The lowest BCUT2D eigenvalue weighted by molar-refractivity contribution is -0.170. The Balaban J connectivity index is 1.80. The van der Waals surface area contributed by atoms with Crippen molar-refractivity contribution in [3.05, 3.63) is 53.1 Å². The second kappa shape index (κ2) is 9.18. The van der Waals surface area contributed by atoms with Gasteiger partial charge in [-0.25, -0.2) is 0 Å². The summed E-state index contributed by atoms with van der Waals surface area (Å²) in [5, 5.41) is 0.0639. The van der Waals surface area contributed by atoms with E-state index in [1.54, 1.807) is 19.2 Å². The van der Waals surface area contributed by atoms with Crippen LogP contribution in [0.1, 0.15) is 18.4 Å². The molecule has 0 saturated carbocycles. The lowest BCUT2D eigenvalue weighted by atomic mass is 9.86. The quantitative estimate of drug-likeness (QED) is 0.577. The normalized spacial score (nSPS) is 16.3. The van der Waals surface area contributed by atoms with Crippen molar-refractivity contribution < 1.29 is 27.4 Å². The van der Waals surface area contributed by atoms with E-state index in [0.29, 0.717) is 18.1 Å². The Bertz CT molecular complexity index is 917. The van der Waals surface area contributed by atoms with Crippen LogP contribution in [0, 0.1) is 0 Å². The van der Waals surface area contributed by atoms with Gasteiger partial charge in [-0.3, -0.25) is 4.79 Å². The van der Waals surface area contributed by atoms with Gasteiger partial charge in [-0.2, -0.15) is 13.2 Å². The van der Waals surface area contributed by atoms with Gasteiger partial charge in [0.1, 0.15) is 0 Å². The molecule has 0 bridgehead atoms. The molecule has 1 aliphatic rings. The average Bonchev–Trinajstić information content (AvgIpc) is 2.73. The first-order valence-corrected chi connectivity index (χ1v) is 10.4. The second-order valence-electron chi connectivity index (χ2n) is 6.92. The van der Waals surface area contributed by atoms with Crippen molar-refractivity contribution >= 4 is 35.0 Å². The molecule has 1 fully saturated rings.